The highest BCUT2D eigenvalue weighted by atomic mass is 32.2. The Kier molecular flexibility index (Phi) is 7.77. The Morgan fingerprint density at radius 3 is 2.36 bits per heavy atom. The summed E-state index contributed by atoms with van der Waals surface area (Å²) in [6, 6.07) is 12.8. The predicted octanol–water partition coefficient (Wildman–Crippen LogP) is 4.40. The van der Waals surface area contributed by atoms with Crippen LogP contribution in [0.2, 0.25) is 0 Å². The molecular formula is C25H23F4N5O4S. The normalized spacial score (nSPS) is 18.0. The lowest BCUT2D eigenvalue weighted by Gasteiger charge is -2.34. The third kappa shape index (κ3) is 7.02. The Balaban J connectivity index is 1.46. The number of hydrogen-bond acceptors (Lipinski definition) is 5. The molecule has 39 heavy (non-hydrogen) atoms. The first-order chi connectivity index (χ1) is 18.3. The van der Waals surface area contributed by atoms with Gasteiger partial charge < -0.3 is 15.5 Å². The number of urea groups is 1. The molecule has 2 aromatic carbocycles. The Morgan fingerprint density at radius 2 is 1.74 bits per heavy atom. The maximum atomic E-state index is 14.6. The molecule has 0 saturated carbocycles. The molecule has 2 heterocycles. The Bertz CT molecular complexity index is 1470. The van der Waals surface area contributed by atoms with Gasteiger partial charge in [0.2, 0.25) is 15.9 Å². The van der Waals surface area contributed by atoms with E-state index in [1.54, 1.807) is 48.5 Å². The first kappa shape index (κ1) is 27.8. The Morgan fingerprint density at radius 1 is 1.05 bits per heavy atom. The lowest BCUT2D eigenvalue weighted by atomic mass is 10.0. The number of anilines is 3. The number of carbonyl (C=O) groups is 2. The van der Waals surface area contributed by atoms with Crippen molar-refractivity contribution < 1.29 is 35.6 Å². The summed E-state index contributed by atoms with van der Waals surface area (Å²) in [5.41, 5.74) is 0.789. The number of nitrogens with zero attached hydrogens (tertiary/aromatic N) is 2. The van der Waals surface area contributed by atoms with Crippen LogP contribution in [-0.2, 0) is 21.0 Å². The molecule has 1 saturated heterocycles. The van der Waals surface area contributed by atoms with E-state index in [-0.39, 0.29) is 18.7 Å². The molecule has 0 aliphatic carbocycles. The summed E-state index contributed by atoms with van der Waals surface area (Å²) < 4.78 is 78.4. The molecule has 1 fully saturated rings. The van der Waals surface area contributed by atoms with Crippen molar-refractivity contribution in [2.45, 2.75) is 24.8 Å². The molecule has 3 amide bonds. The van der Waals surface area contributed by atoms with Crippen molar-refractivity contribution in [1.29, 1.82) is 0 Å². The number of piperidine rings is 1. The van der Waals surface area contributed by atoms with Crippen molar-refractivity contribution in [3.05, 3.63) is 72.6 Å². The molecule has 9 nitrogen and oxygen atoms in total. The van der Waals surface area contributed by atoms with Crippen LogP contribution >= 0.6 is 0 Å². The zero-order valence-corrected chi connectivity index (χ0v) is 21.2. The summed E-state index contributed by atoms with van der Waals surface area (Å²) in [5.74, 6) is -0.573. The number of sulfonamides is 1. The quantitative estimate of drug-likeness (QED) is 0.383. The average Bonchev–Trinajstić information content (AvgIpc) is 2.85. The predicted molar refractivity (Wildman–Crippen MR) is 137 cm³/mol. The van der Waals surface area contributed by atoms with E-state index in [1.807, 2.05) is 0 Å². The van der Waals surface area contributed by atoms with Gasteiger partial charge in [0.05, 0.1) is 30.4 Å². The zero-order chi connectivity index (χ0) is 28.4. The second kappa shape index (κ2) is 10.9. The average molecular weight is 566 g/mol. The number of rotatable bonds is 6. The third-order valence-electron chi connectivity index (χ3n) is 5.77. The summed E-state index contributed by atoms with van der Waals surface area (Å²) in [5, 5.41) is 4.65. The molecule has 2 atom stereocenters. The number of pyridine rings is 1. The van der Waals surface area contributed by atoms with Crippen LogP contribution in [-0.4, -0.2) is 50.4 Å². The van der Waals surface area contributed by atoms with E-state index in [4.69, 9.17) is 0 Å². The molecule has 1 aliphatic rings. The van der Waals surface area contributed by atoms with Crippen molar-refractivity contribution in [3.63, 3.8) is 0 Å². The van der Waals surface area contributed by atoms with E-state index in [1.165, 1.54) is 4.90 Å². The van der Waals surface area contributed by atoms with Gasteiger partial charge in [0.15, 0.2) is 0 Å². The van der Waals surface area contributed by atoms with Crippen molar-refractivity contribution >= 4 is 39.0 Å². The lowest BCUT2D eigenvalue weighted by molar-refractivity contribution is -0.141. The minimum Gasteiger partial charge on any atom is -0.326 e. The minimum absolute atomic E-state index is 0.0429. The number of hydrogen-bond donors (Lipinski definition) is 3. The van der Waals surface area contributed by atoms with Gasteiger partial charge in [-0.15, -0.1) is 0 Å². The van der Waals surface area contributed by atoms with Crippen LogP contribution in [0.1, 0.15) is 12.1 Å². The SMILES string of the molecule is CS(=O)(=O)Nc1ccccc1-c1ccc(N2CC(F)C[C@@H](NC(=O)Nc3ccc(C(F)(F)F)nc3)C2=O)cc1. The zero-order valence-electron chi connectivity index (χ0n) is 20.4. The highest BCUT2D eigenvalue weighted by Crippen LogP contribution is 2.31. The van der Waals surface area contributed by atoms with Gasteiger partial charge in [0, 0.05) is 17.7 Å². The second-order valence-corrected chi connectivity index (χ2v) is 10.6. The Hall–Kier alpha value is -4.20. The second-order valence-electron chi connectivity index (χ2n) is 8.83. The number of alkyl halides is 4. The summed E-state index contributed by atoms with van der Waals surface area (Å²) in [6.45, 7) is -0.243. The van der Waals surface area contributed by atoms with Gasteiger partial charge in [-0.25, -0.2) is 22.6 Å². The molecule has 14 heteroatoms. The van der Waals surface area contributed by atoms with Crippen LogP contribution in [0.4, 0.5) is 39.4 Å². The van der Waals surface area contributed by atoms with Gasteiger partial charge in [0.1, 0.15) is 17.9 Å². The highest BCUT2D eigenvalue weighted by molar-refractivity contribution is 7.92. The van der Waals surface area contributed by atoms with Crippen molar-refractivity contribution in [2.24, 2.45) is 0 Å². The van der Waals surface area contributed by atoms with Gasteiger partial charge in [0.25, 0.3) is 0 Å². The van der Waals surface area contributed by atoms with Crippen LogP contribution in [0.15, 0.2) is 66.9 Å². The molecule has 0 bridgehead atoms. The number of carbonyl (C=O) groups excluding carboxylic acids is 2. The van der Waals surface area contributed by atoms with E-state index in [0.29, 0.717) is 28.6 Å². The molecule has 1 unspecified atom stereocenters. The first-order valence-corrected chi connectivity index (χ1v) is 13.4. The molecule has 206 valence electrons. The Labute approximate surface area is 221 Å². The molecular weight excluding hydrogens is 542 g/mol. The third-order valence-corrected chi connectivity index (χ3v) is 6.36. The maximum Gasteiger partial charge on any atom is 0.433 e. The van der Waals surface area contributed by atoms with Crippen LogP contribution in [0.25, 0.3) is 11.1 Å². The van der Waals surface area contributed by atoms with Crippen molar-refractivity contribution in [3.8, 4) is 11.1 Å². The molecule has 3 N–H and O–H groups in total. The highest BCUT2D eigenvalue weighted by Gasteiger charge is 2.36. The van der Waals surface area contributed by atoms with Gasteiger partial charge in [-0.3, -0.25) is 9.52 Å². The van der Waals surface area contributed by atoms with Crippen molar-refractivity contribution in [2.75, 3.05) is 27.7 Å². The molecule has 3 aromatic rings. The lowest BCUT2D eigenvalue weighted by Crippen LogP contribution is -2.56. The maximum absolute atomic E-state index is 14.6. The molecule has 1 aliphatic heterocycles. The van der Waals surface area contributed by atoms with E-state index in [9.17, 15) is 35.6 Å². The number of halogens is 4. The van der Waals surface area contributed by atoms with E-state index in [0.717, 1.165) is 18.5 Å². The molecule has 4 rings (SSSR count). The van der Waals surface area contributed by atoms with E-state index < -0.39 is 46.0 Å². The van der Waals surface area contributed by atoms with E-state index >= 15 is 0 Å². The van der Waals surface area contributed by atoms with Crippen LogP contribution < -0.4 is 20.3 Å². The fourth-order valence-electron chi connectivity index (χ4n) is 4.07. The number of aromatic nitrogens is 1. The first-order valence-electron chi connectivity index (χ1n) is 11.5. The van der Waals surface area contributed by atoms with Crippen LogP contribution in [0.5, 0.6) is 0 Å². The fourth-order valence-corrected chi connectivity index (χ4v) is 4.64. The van der Waals surface area contributed by atoms with Gasteiger partial charge in [-0.1, -0.05) is 30.3 Å². The van der Waals surface area contributed by atoms with Crippen molar-refractivity contribution in [1.82, 2.24) is 10.3 Å². The molecule has 0 spiro atoms. The van der Waals surface area contributed by atoms with Gasteiger partial charge >= 0.3 is 12.2 Å². The monoisotopic (exact) mass is 565 g/mol. The summed E-state index contributed by atoms with van der Waals surface area (Å²) >= 11 is 0. The number of para-hydroxylation sites is 1. The van der Waals surface area contributed by atoms with Gasteiger partial charge in [-0.05, 0) is 35.9 Å². The van der Waals surface area contributed by atoms with Crippen LogP contribution in [0, 0.1) is 0 Å². The van der Waals surface area contributed by atoms with E-state index in [2.05, 4.69) is 20.3 Å². The molecule has 1 aromatic heterocycles. The van der Waals surface area contributed by atoms with Crippen LogP contribution in [0.3, 0.4) is 0 Å². The largest absolute Gasteiger partial charge is 0.433 e. The summed E-state index contributed by atoms with van der Waals surface area (Å²) in [6.07, 6.45) is -4.52. The standard InChI is InChI=1S/C25H23F4N5O4S/c1-39(37,38)33-20-5-3-2-4-19(20)15-6-9-18(10-7-15)34-14-16(26)12-21(23(34)35)32-24(36)31-17-8-11-22(30-13-17)25(27,28)29/h2-11,13,16,21,33H,12,14H2,1H3,(H2,31,32,36)/t16?,21-/m1/s1. The summed E-state index contributed by atoms with van der Waals surface area (Å²) in [4.78, 5) is 29.9. The minimum atomic E-state index is -4.64. The topological polar surface area (TPSA) is 120 Å². The summed E-state index contributed by atoms with van der Waals surface area (Å²) in [7, 11) is -3.52. The number of benzene rings is 2. The fraction of sp³-hybridized carbons (Fsp3) is 0.240. The number of nitrogens with one attached hydrogen (secondary N) is 3. The smallest absolute Gasteiger partial charge is 0.326 e. The van der Waals surface area contributed by atoms with Gasteiger partial charge in [-0.2, -0.15) is 13.2 Å². The molecule has 0 radical (unpaired) electrons. The number of amides is 3.